The van der Waals surface area contributed by atoms with E-state index in [0.717, 1.165) is 11.3 Å². The molecule has 0 fully saturated rings. The maximum Gasteiger partial charge on any atom is 0.261 e. The number of aromatic nitrogens is 1. The molecule has 0 atom stereocenters. The van der Waals surface area contributed by atoms with Gasteiger partial charge in [-0.2, -0.15) is 0 Å². The zero-order valence-corrected chi connectivity index (χ0v) is 15.2. The molecule has 134 valence electrons. The second-order valence-electron chi connectivity index (χ2n) is 5.87. The van der Waals surface area contributed by atoms with E-state index in [9.17, 15) is 8.42 Å². The van der Waals surface area contributed by atoms with Crippen LogP contribution >= 0.6 is 0 Å². The molecule has 5 nitrogen and oxygen atoms in total. The minimum Gasteiger partial charge on any atom is -0.493 e. The number of benzene rings is 2. The highest BCUT2D eigenvalue weighted by Crippen LogP contribution is 2.21. The number of nitrogens with zero attached hydrogens (tertiary/aromatic N) is 1. The summed E-state index contributed by atoms with van der Waals surface area (Å²) < 4.78 is 33.2. The third kappa shape index (κ3) is 4.83. The van der Waals surface area contributed by atoms with E-state index in [1.807, 2.05) is 25.1 Å². The molecule has 0 bridgehead atoms. The van der Waals surface area contributed by atoms with Crippen LogP contribution in [0.5, 0.6) is 5.75 Å². The Morgan fingerprint density at radius 2 is 1.81 bits per heavy atom. The van der Waals surface area contributed by atoms with E-state index in [2.05, 4.69) is 9.71 Å². The van der Waals surface area contributed by atoms with Gasteiger partial charge in [0.1, 0.15) is 5.75 Å². The van der Waals surface area contributed by atoms with Gasteiger partial charge in [0.25, 0.3) is 10.0 Å². The van der Waals surface area contributed by atoms with Crippen LogP contribution in [0.2, 0.25) is 0 Å². The first-order valence-electron chi connectivity index (χ1n) is 8.25. The first-order valence-corrected chi connectivity index (χ1v) is 9.73. The third-order valence-electron chi connectivity index (χ3n) is 3.77. The molecule has 0 saturated heterocycles. The van der Waals surface area contributed by atoms with Gasteiger partial charge >= 0.3 is 0 Å². The number of anilines is 1. The van der Waals surface area contributed by atoms with Crippen molar-refractivity contribution in [1.82, 2.24) is 4.98 Å². The maximum atomic E-state index is 12.5. The van der Waals surface area contributed by atoms with Crippen LogP contribution in [0, 0.1) is 6.92 Å². The molecule has 0 saturated carbocycles. The average Bonchev–Trinajstić information content (AvgIpc) is 2.63. The summed E-state index contributed by atoms with van der Waals surface area (Å²) in [5, 5.41) is 0. The first kappa shape index (κ1) is 17.9. The highest BCUT2D eigenvalue weighted by molar-refractivity contribution is 7.92. The molecule has 1 heterocycles. The van der Waals surface area contributed by atoms with Crippen LogP contribution < -0.4 is 9.46 Å². The molecule has 0 aliphatic carbocycles. The number of nitrogens with one attached hydrogen (secondary N) is 1. The van der Waals surface area contributed by atoms with Crippen molar-refractivity contribution in [2.75, 3.05) is 11.3 Å². The van der Waals surface area contributed by atoms with Gasteiger partial charge in [-0.1, -0.05) is 29.8 Å². The predicted molar refractivity (Wildman–Crippen MR) is 102 cm³/mol. The Morgan fingerprint density at radius 3 is 2.54 bits per heavy atom. The zero-order chi connectivity index (χ0) is 18.4. The number of hydrogen-bond acceptors (Lipinski definition) is 4. The summed E-state index contributed by atoms with van der Waals surface area (Å²) in [5.41, 5.74) is 2.41. The van der Waals surface area contributed by atoms with E-state index in [1.165, 1.54) is 0 Å². The predicted octanol–water partition coefficient (Wildman–Crippen LogP) is 3.81. The molecule has 0 amide bonds. The molecule has 6 heteroatoms. The highest BCUT2D eigenvalue weighted by Gasteiger charge is 2.14. The minimum atomic E-state index is -3.63. The van der Waals surface area contributed by atoms with Gasteiger partial charge < -0.3 is 4.74 Å². The molecule has 1 N–H and O–H groups in total. The van der Waals surface area contributed by atoms with Crippen LogP contribution in [0.3, 0.4) is 0 Å². The fourth-order valence-corrected chi connectivity index (χ4v) is 3.45. The van der Waals surface area contributed by atoms with E-state index in [-0.39, 0.29) is 4.90 Å². The maximum absolute atomic E-state index is 12.5. The number of pyridine rings is 1. The van der Waals surface area contributed by atoms with E-state index in [1.54, 1.807) is 54.7 Å². The third-order valence-corrected chi connectivity index (χ3v) is 5.17. The van der Waals surface area contributed by atoms with Gasteiger partial charge in [0.05, 0.1) is 17.2 Å². The van der Waals surface area contributed by atoms with Gasteiger partial charge in [-0.15, -0.1) is 0 Å². The Bertz CT molecular complexity index is 956. The molecule has 3 rings (SSSR count). The second kappa shape index (κ2) is 8.01. The molecule has 26 heavy (non-hydrogen) atoms. The van der Waals surface area contributed by atoms with Crippen LogP contribution in [-0.4, -0.2) is 20.0 Å². The zero-order valence-electron chi connectivity index (χ0n) is 14.4. The Balaban J connectivity index is 1.64. The lowest BCUT2D eigenvalue weighted by Crippen LogP contribution is -2.13. The fraction of sp³-hybridized carbons (Fsp3) is 0.150. The van der Waals surface area contributed by atoms with Gasteiger partial charge in [0.15, 0.2) is 0 Å². The molecule has 0 radical (unpaired) electrons. The van der Waals surface area contributed by atoms with Gasteiger partial charge in [0, 0.05) is 24.4 Å². The lowest BCUT2D eigenvalue weighted by atomic mass is 10.2. The molecule has 3 aromatic rings. The van der Waals surface area contributed by atoms with E-state index < -0.39 is 10.0 Å². The number of aryl methyl sites for hydroxylation is 1. The van der Waals surface area contributed by atoms with Crippen molar-refractivity contribution in [3.05, 3.63) is 84.2 Å². The number of ether oxygens (including phenoxy) is 1. The van der Waals surface area contributed by atoms with Crippen molar-refractivity contribution in [3.8, 4) is 5.75 Å². The standard InChI is InChI=1S/C20H20N2O3S/c1-16-8-10-20(11-9-16)26(23,24)22-18-6-4-7-19(15-18)25-14-12-17-5-2-3-13-21-17/h2-11,13,15,22H,12,14H2,1H3. The van der Waals surface area contributed by atoms with Crippen LogP contribution in [0.15, 0.2) is 77.8 Å². The number of rotatable bonds is 7. The Hall–Kier alpha value is -2.86. The molecule has 0 aliphatic heterocycles. The SMILES string of the molecule is Cc1ccc(S(=O)(=O)Nc2cccc(OCCc3ccccn3)c2)cc1. The molecule has 0 aliphatic rings. The largest absolute Gasteiger partial charge is 0.493 e. The van der Waals surface area contributed by atoms with Crippen molar-refractivity contribution in [2.24, 2.45) is 0 Å². The van der Waals surface area contributed by atoms with Gasteiger partial charge in [-0.25, -0.2) is 8.42 Å². The summed E-state index contributed by atoms with van der Waals surface area (Å²) in [6, 6.07) is 19.4. The van der Waals surface area contributed by atoms with Crippen molar-refractivity contribution in [3.63, 3.8) is 0 Å². The molecule has 0 spiro atoms. The molecule has 0 unspecified atom stereocenters. The Morgan fingerprint density at radius 1 is 1.00 bits per heavy atom. The lowest BCUT2D eigenvalue weighted by Gasteiger charge is -2.11. The Labute approximate surface area is 153 Å². The molecule has 2 aromatic carbocycles. The van der Waals surface area contributed by atoms with Gasteiger partial charge in [-0.05, 0) is 43.3 Å². The summed E-state index contributed by atoms with van der Waals surface area (Å²) in [6.07, 6.45) is 2.43. The topological polar surface area (TPSA) is 68.3 Å². The van der Waals surface area contributed by atoms with Crippen molar-refractivity contribution in [1.29, 1.82) is 0 Å². The van der Waals surface area contributed by atoms with Crippen LogP contribution in [0.25, 0.3) is 0 Å². The average molecular weight is 368 g/mol. The monoisotopic (exact) mass is 368 g/mol. The van der Waals surface area contributed by atoms with Crippen molar-refractivity contribution in [2.45, 2.75) is 18.2 Å². The second-order valence-corrected chi connectivity index (χ2v) is 7.55. The van der Waals surface area contributed by atoms with Gasteiger partial charge in [-0.3, -0.25) is 9.71 Å². The molecular formula is C20H20N2O3S. The molecule has 1 aromatic heterocycles. The molecular weight excluding hydrogens is 348 g/mol. The van der Waals surface area contributed by atoms with Crippen molar-refractivity contribution >= 4 is 15.7 Å². The summed E-state index contributed by atoms with van der Waals surface area (Å²) >= 11 is 0. The number of hydrogen-bond donors (Lipinski definition) is 1. The fourth-order valence-electron chi connectivity index (χ4n) is 2.40. The smallest absolute Gasteiger partial charge is 0.261 e. The minimum absolute atomic E-state index is 0.226. The van der Waals surface area contributed by atoms with Crippen molar-refractivity contribution < 1.29 is 13.2 Å². The summed E-state index contributed by atoms with van der Waals surface area (Å²) in [7, 11) is -3.63. The van der Waals surface area contributed by atoms with E-state index >= 15 is 0 Å². The summed E-state index contributed by atoms with van der Waals surface area (Å²) in [4.78, 5) is 4.47. The normalized spacial score (nSPS) is 11.1. The summed E-state index contributed by atoms with van der Waals surface area (Å²) in [6.45, 7) is 2.38. The van der Waals surface area contributed by atoms with E-state index in [4.69, 9.17) is 4.74 Å². The first-order chi connectivity index (χ1) is 12.5. The van der Waals surface area contributed by atoms with Crippen LogP contribution in [0.1, 0.15) is 11.3 Å². The van der Waals surface area contributed by atoms with Gasteiger partial charge in [0.2, 0.25) is 0 Å². The summed E-state index contributed by atoms with van der Waals surface area (Å²) in [5.74, 6) is 0.602. The van der Waals surface area contributed by atoms with Crippen LogP contribution in [0.4, 0.5) is 5.69 Å². The Kier molecular flexibility index (Phi) is 5.53. The van der Waals surface area contributed by atoms with E-state index in [0.29, 0.717) is 24.5 Å². The number of sulfonamides is 1. The quantitative estimate of drug-likeness (QED) is 0.688. The lowest BCUT2D eigenvalue weighted by molar-refractivity contribution is 0.320. The highest BCUT2D eigenvalue weighted by atomic mass is 32.2. The van der Waals surface area contributed by atoms with Crippen LogP contribution in [-0.2, 0) is 16.4 Å².